The highest BCUT2D eigenvalue weighted by atomic mass is 35.5. The molecule has 0 radical (unpaired) electrons. The summed E-state index contributed by atoms with van der Waals surface area (Å²) in [4.78, 5) is 17.4. The lowest BCUT2D eigenvalue weighted by atomic mass is 10.3. The molecule has 0 bridgehead atoms. The van der Waals surface area contributed by atoms with Gasteiger partial charge in [0.2, 0.25) is 15.9 Å². The highest BCUT2D eigenvalue weighted by Crippen LogP contribution is 2.12. The predicted octanol–water partition coefficient (Wildman–Crippen LogP) is 0.261. The first-order chi connectivity index (χ1) is 9.90. The second kappa shape index (κ2) is 6.69. The quantitative estimate of drug-likeness (QED) is 0.798. The lowest BCUT2D eigenvalue weighted by Gasteiger charge is -2.29. The Kier molecular flexibility index (Phi) is 5.15. The minimum Gasteiger partial charge on any atom is -0.378 e. The molecular weight excluding hydrogens is 318 g/mol. The zero-order chi connectivity index (χ0) is 15.5. The molecule has 1 saturated heterocycles. The number of carbonyl (C=O) groups excluding carboxylic acids is 1. The molecule has 1 aliphatic heterocycles. The van der Waals surface area contributed by atoms with Crippen molar-refractivity contribution in [3.05, 3.63) is 23.5 Å². The van der Waals surface area contributed by atoms with Gasteiger partial charge < -0.3 is 9.64 Å². The normalized spacial score (nSPS) is 17.5. The summed E-state index contributed by atoms with van der Waals surface area (Å²) in [5, 5.41) is 0.200. The summed E-state index contributed by atoms with van der Waals surface area (Å²) >= 11 is 5.62. The lowest BCUT2D eigenvalue weighted by Crippen LogP contribution is -2.50. The van der Waals surface area contributed by atoms with Crippen LogP contribution in [0.2, 0.25) is 5.15 Å². The number of nitrogens with one attached hydrogen (secondary N) is 1. The summed E-state index contributed by atoms with van der Waals surface area (Å²) in [5.41, 5.74) is 0. The van der Waals surface area contributed by atoms with E-state index in [0.717, 1.165) is 6.20 Å². The molecule has 0 aromatic carbocycles. The van der Waals surface area contributed by atoms with E-state index < -0.39 is 16.1 Å². The fourth-order valence-electron chi connectivity index (χ4n) is 1.93. The molecule has 1 aromatic heterocycles. The van der Waals surface area contributed by atoms with Gasteiger partial charge in [0.1, 0.15) is 10.0 Å². The van der Waals surface area contributed by atoms with Crippen molar-refractivity contribution in [3.63, 3.8) is 0 Å². The molecule has 7 nitrogen and oxygen atoms in total. The van der Waals surface area contributed by atoms with Gasteiger partial charge in [0, 0.05) is 19.3 Å². The second-order valence-electron chi connectivity index (χ2n) is 4.60. The number of amides is 1. The minimum atomic E-state index is -3.81. The fraction of sp³-hybridized carbons (Fsp3) is 0.500. The molecular formula is C12H16ClN3O4S. The van der Waals surface area contributed by atoms with Gasteiger partial charge in [-0.3, -0.25) is 4.79 Å². The zero-order valence-corrected chi connectivity index (χ0v) is 13.0. The van der Waals surface area contributed by atoms with Crippen LogP contribution in [0.5, 0.6) is 0 Å². The Labute approximate surface area is 128 Å². The van der Waals surface area contributed by atoms with Crippen molar-refractivity contribution in [1.29, 1.82) is 0 Å². The van der Waals surface area contributed by atoms with E-state index in [1.807, 2.05) is 0 Å². The number of rotatable bonds is 4. The molecule has 0 aliphatic carbocycles. The summed E-state index contributed by atoms with van der Waals surface area (Å²) in [7, 11) is -3.81. The van der Waals surface area contributed by atoms with Gasteiger partial charge in [0.25, 0.3) is 0 Å². The van der Waals surface area contributed by atoms with E-state index in [4.69, 9.17) is 16.3 Å². The summed E-state index contributed by atoms with van der Waals surface area (Å²) in [5.74, 6) is -0.274. The Morgan fingerprint density at radius 1 is 1.43 bits per heavy atom. The predicted molar refractivity (Wildman–Crippen MR) is 76.4 cm³/mol. The third-order valence-electron chi connectivity index (χ3n) is 3.04. The van der Waals surface area contributed by atoms with E-state index in [1.54, 1.807) is 4.90 Å². The molecule has 1 atom stereocenters. The van der Waals surface area contributed by atoms with Gasteiger partial charge >= 0.3 is 0 Å². The van der Waals surface area contributed by atoms with Gasteiger partial charge in [-0.1, -0.05) is 11.6 Å². The standard InChI is InChI=1S/C12H16ClN3O4S/c1-9(12(17)16-4-6-20-7-5-16)15-21(18,19)10-2-3-11(13)14-8-10/h2-3,8-9,15H,4-7H2,1H3. The van der Waals surface area contributed by atoms with Gasteiger partial charge in [-0.05, 0) is 19.1 Å². The first-order valence-electron chi connectivity index (χ1n) is 6.40. The topological polar surface area (TPSA) is 88.6 Å². The number of carbonyl (C=O) groups is 1. The van der Waals surface area contributed by atoms with Crippen molar-refractivity contribution in [3.8, 4) is 0 Å². The molecule has 1 amide bonds. The van der Waals surface area contributed by atoms with Crippen LogP contribution >= 0.6 is 11.6 Å². The van der Waals surface area contributed by atoms with Crippen LogP contribution in [0.25, 0.3) is 0 Å². The molecule has 1 fully saturated rings. The van der Waals surface area contributed by atoms with Gasteiger partial charge in [-0.15, -0.1) is 0 Å². The third-order valence-corrected chi connectivity index (χ3v) is 4.79. The molecule has 9 heteroatoms. The maximum absolute atomic E-state index is 12.2. The van der Waals surface area contributed by atoms with Gasteiger partial charge in [0.05, 0.1) is 19.3 Å². The van der Waals surface area contributed by atoms with Gasteiger partial charge in [-0.2, -0.15) is 4.72 Å². The highest BCUT2D eigenvalue weighted by Gasteiger charge is 2.27. The van der Waals surface area contributed by atoms with E-state index in [1.165, 1.54) is 19.1 Å². The van der Waals surface area contributed by atoms with Gasteiger partial charge in [0.15, 0.2) is 0 Å². The molecule has 116 valence electrons. The van der Waals surface area contributed by atoms with E-state index in [2.05, 4.69) is 9.71 Å². The van der Waals surface area contributed by atoms with E-state index in [9.17, 15) is 13.2 Å². The summed E-state index contributed by atoms with van der Waals surface area (Å²) in [6.45, 7) is 3.37. The van der Waals surface area contributed by atoms with Crippen LogP contribution in [-0.4, -0.2) is 56.6 Å². The summed E-state index contributed by atoms with van der Waals surface area (Å²) in [6, 6.07) is 1.86. The molecule has 21 heavy (non-hydrogen) atoms. The first kappa shape index (κ1) is 16.2. The van der Waals surface area contributed by atoms with Crippen LogP contribution in [0.4, 0.5) is 0 Å². The minimum absolute atomic E-state index is 0.0338. The van der Waals surface area contributed by atoms with Crippen molar-refractivity contribution in [2.24, 2.45) is 0 Å². The Morgan fingerprint density at radius 2 is 2.10 bits per heavy atom. The molecule has 1 aromatic rings. The average Bonchev–Trinajstić information content (AvgIpc) is 2.47. The SMILES string of the molecule is CC(NS(=O)(=O)c1ccc(Cl)nc1)C(=O)N1CCOCC1. The van der Waals surface area contributed by atoms with Crippen LogP contribution in [0.15, 0.2) is 23.2 Å². The second-order valence-corrected chi connectivity index (χ2v) is 6.70. The molecule has 2 rings (SSSR count). The molecule has 0 saturated carbocycles. The maximum atomic E-state index is 12.2. The van der Waals surface area contributed by atoms with Crippen molar-refractivity contribution in [2.45, 2.75) is 17.9 Å². The first-order valence-corrected chi connectivity index (χ1v) is 8.27. The van der Waals surface area contributed by atoms with E-state index in [0.29, 0.717) is 26.3 Å². The monoisotopic (exact) mass is 333 g/mol. The van der Waals surface area contributed by atoms with Crippen molar-refractivity contribution in [2.75, 3.05) is 26.3 Å². The summed E-state index contributed by atoms with van der Waals surface area (Å²) < 4.78 is 31.8. The number of pyridine rings is 1. The van der Waals surface area contributed by atoms with Gasteiger partial charge in [-0.25, -0.2) is 13.4 Å². The Bertz CT molecular complexity index is 599. The number of hydrogen-bond acceptors (Lipinski definition) is 5. The number of nitrogens with zero attached hydrogens (tertiary/aromatic N) is 2. The third kappa shape index (κ3) is 4.13. The molecule has 0 spiro atoms. The Hall–Kier alpha value is -1.22. The molecule has 1 aliphatic rings. The van der Waals surface area contributed by atoms with Crippen LogP contribution in [-0.2, 0) is 19.6 Å². The maximum Gasteiger partial charge on any atom is 0.242 e. The smallest absolute Gasteiger partial charge is 0.242 e. The lowest BCUT2D eigenvalue weighted by molar-refractivity contribution is -0.136. The van der Waals surface area contributed by atoms with Crippen LogP contribution in [0.1, 0.15) is 6.92 Å². The van der Waals surface area contributed by atoms with E-state index >= 15 is 0 Å². The highest BCUT2D eigenvalue weighted by molar-refractivity contribution is 7.89. The molecule has 1 N–H and O–H groups in total. The van der Waals surface area contributed by atoms with Crippen LogP contribution < -0.4 is 4.72 Å². The summed E-state index contributed by atoms with van der Waals surface area (Å²) in [6.07, 6.45) is 1.15. The van der Waals surface area contributed by atoms with Crippen molar-refractivity contribution >= 4 is 27.5 Å². The number of sulfonamides is 1. The fourth-order valence-corrected chi connectivity index (χ4v) is 3.18. The zero-order valence-electron chi connectivity index (χ0n) is 11.5. The number of hydrogen-bond donors (Lipinski definition) is 1. The Morgan fingerprint density at radius 3 is 2.67 bits per heavy atom. The van der Waals surface area contributed by atoms with Crippen LogP contribution in [0.3, 0.4) is 0 Å². The van der Waals surface area contributed by atoms with Crippen molar-refractivity contribution in [1.82, 2.24) is 14.6 Å². The molecule has 2 heterocycles. The largest absolute Gasteiger partial charge is 0.378 e. The Balaban J connectivity index is 2.05. The number of ether oxygens (including phenoxy) is 1. The van der Waals surface area contributed by atoms with E-state index in [-0.39, 0.29) is 16.0 Å². The molecule has 1 unspecified atom stereocenters. The number of aromatic nitrogens is 1. The number of morpholine rings is 1. The average molecular weight is 334 g/mol. The number of halogens is 1. The van der Waals surface area contributed by atoms with Crippen LogP contribution in [0, 0.1) is 0 Å². The van der Waals surface area contributed by atoms with Crippen molar-refractivity contribution < 1.29 is 17.9 Å².